The number of rotatable bonds is 3. The van der Waals surface area contributed by atoms with Crippen molar-refractivity contribution in [2.24, 2.45) is 0 Å². The van der Waals surface area contributed by atoms with Crippen LogP contribution in [0.4, 0.5) is 11.5 Å². The molecule has 1 aromatic carbocycles. The Morgan fingerprint density at radius 1 is 1.00 bits per heavy atom. The van der Waals surface area contributed by atoms with Crippen molar-refractivity contribution in [3.05, 3.63) is 53.7 Å². The van der Waals surface area contributed by atoms with Crippen molar-refractivity contribution in [1.82, 2.24) is 9.88 Å². The van der Waals surface area contributed by atoms with Crippen molar-refractivity contribution in [2.75, 3.05) is 42.5 Å². The van der Waals surface area contributed by atoms with Crippen LogP contribution in [0, 0.1) is 11.3 Å². The molecular formula is C22H23N5O2. The number of piperazine rings is 1. The smallest absolute Gasteiger partial charge is 0.253 e. The summed E-state index contributed by atoms with van der Waals surface area (Å²) in [6.07, 6.45) is 4.24. The summed E-state index contributed by atoms with van der Waals surface area (Å²) in [6, 6.07) is 13.0. The maximum absolute atomic E-state index is 12.9. The molecule has 0 N–H and O–H groups in total. The minimum absolute atomic E-state index is 0.0114. The lowest BCUT2D eigenvalue weighted by Gasteiger charge is -2.35. The summed E-state index contributed by atoms with van der Waals surface area (Å²) >= 11 is 0. The molecule has 7 heteroatoms. The van der Waals surface area contributed by atoms with Gasteiger partial charge < -0.3 is 14.7 Å². The van der Waals surface area contributed by atoms with Crippen molar-refractivity contribution in [1.29, 1.82) is 5.26 Å². The maximum atomic E-state index is 12.9. The average molecular weight is 389 g/mol. The molecule has 0 atom stereocenters. The molecule has 2 amide bonds. The second-order valence-corrected chi connectivity index (χ2v) is 7.31. The van der Waals surface area contributed by atoms with Gasteiger partial charge in [-0.05, 0) is 49.2 Å². The molecule has 0 spiro atoms. The Morgan fingerprint density at radius 2 is 1.76 bits per heavy atom. The van der Waals surface area contributed by atoms with Crippen LogP contribution in [-0.4, -0.2) is 54.4 Å². The fourth-order valence-corrected chi connectivity index (χ4v) is 3.90. The van der Waals surface area contributed by atoms with E-state index in [1.165, 1.54) is 0 Å². The molecule has 2 saturated heterocycles. The Labute approximate surface area is 170 Å². The summed E-state index contributed by atoms with van der Waals surface area (Å²) in [6.45, 7) is 3.17. The molecule has 0 saturated carbocycles. The fraction of sp³-hybridized carbons (Fsp3) is 0.364. The third kappa shape index (κ3) is 3.92. The molecule has 3 heterocycles. The van der Waals surface area contributed by atoms with Crippen LogP contribution in [0.2, 0.25) is 0 Å². The Kier molecular flexibility index (Phi) is 5.43. The maximum Gasteiger partial charge on any atom is 0.253 e. The van der Waals surface area contributed by atoms with Gasteiger partial charge in [0.15, 0.2) is 0 Å². The van der Waals surface area contributed by atoms with Gasteiger partial charge in [-0.25, -0.2) is 4.98 Å². The summed E-state index contributed by atoms with van der Waals surface area (Å²) in [7, 11) is 0. The second kappa shape index (κ2) is 8.31. The minimum Gasteiger partial charge on any atom is -0.352 e. The highest BCUT2D eigenvalue weighted by Crippen LogP contribution is 2.23. The van der Waals surface area contributed by atoms with E-state index in [9.17, 15) is 14.9 Å². The van der Waals surface area contributed by atoms with E-state index in [1.807, 2.05) is 21.9 Å². The summed E-state index contributed by atoms with van der Waals surface area (Å²) < 4.78 is 0. The number of anilines is 2. The molecule has 2 fully saturated rings. The number of amides is 2. The Hall–Kier alpha value is -3.40. The highest BCUT2D eigenvalue weighted by molar-refractivity contribution is 5.97. The molecular weight excluding hydrogens is 366 g/mol. The van der Waals surface area contributed by atoms with E-state index in [-0.39, 0.29) is 11.8 Å². The van der Waals surface area contributed by atoms with E-state index in [4.69, 9.17) is 0 Å². The number of pyridine rings is 1. The predicted molar refractivity (Wildman–Crippen MR) is 110 cm³/mol. The summed E-state index contributed by atoms with van der Waals surface area (Å²) in [5.41, 5.74) is 2.03. The lowest BCUT2D eigenvalue weighted by Crippen LogP contribution is -2.49. The van der Waals surface area contributed by atoms with Crippen molar-refractivity contribution < 1.29 is 9.59 Å². The number of hydrogen-bond donors (Lipinski definition) is 0. The van der Waals surface area contributed by atoms with Gasteiger partial charge in [0.1, 0.15) is 11.9 Å². The van der Waals surface area contributed by atoms with Crippen molar-refractivity contribution >= 4 is 23.3 Å². The third-order valence-corrected chi connectivity index (χ3v) is 5.52. The zero-order chi connectivity index (χ0) is 20.2. The lowest BCUT2D eigenvalue weighted by atomic mass is 10.1. The molecule has 2 aliphatic heterocycles. The predicted octanol–water partition coefficient (Wildman–Crippen LogP) is 2.43. The van der Waals surface area contributed by atoms with Gasteiger partial charge in [-0.1, -0.05) is 0 Å². The number of carbonyl (C=O) groups excluding carboxylic acids is 2. The SMILES string of the molecule is N#Cc1cccnc1N1CCN(C(=O)c2ccc(N3CCCCC3=O)cc2)CC1. The van der Waals surface area contributed by atoms with Gasteiger partial charge in [-0.15, -0.1) is 0 Å². The number of aromatic nitrogens is 1. The number of carbonyl (C=O) groups is 2. The highest BCUT2D eigenvalue weighted by atomic mass is 16.2. The molecule has 148 valence electrons. The molecule has 4 rings (SSSR count). The summed E-state index contributed by atoms with van der Waals surface area (Å²) in [5.74, 6) is 0.818. The van der Waals surface area contributed by atoms with Crippen LogP contribution in [-0.2, 0) is 4.79 Å². The van der Waals surface area contributed by atoms with Crippen LogP contribution < -0.4 is 9.80 Å². The zero-order valence-electron chi connectivity index (χ0n) is 16.3. The monoisotopic (exact) mass is 389 g/mol. The van der Waals surface area contributed by atoms with Crippen molar-refractivity contribution in [2.45, 2.75) is 19.3 Å². The summed E-state index contributed by atoms with van der Waals surface area (Å²) in [4.78, 5) is 35.0. The summed E-state index contributed by atoms with van der Waals surface area (Å²) in [5, 5.41) is 9.27. The molecule has 7 nitrogen and oxygen atoms in total. The molecule has 0 aliphatic carbocycles. The molecule has 29 heavy (non-hydrogen) atoms. The van der Waals surface area contributed by atoms with E-state index < -0.39 is 0 Å². The zero-order valence-corrected chi connectivity index (χ0v) is 16.3. The topological polar surface area (TPSA) is 80.5 Å². The van der Waals surface area contributed by atoms with Gasteiger partial charge in [0, 0.05) is 56.6 Å². The van der Waals surface area contributed by atoms with Gasteiger partial charge in [-0.2, -0.15) is 5.26 Å². The lowest BCUT2D eigenvalue weighted by molar-refractivity contribution is -0.119. The standard InChI is InChI=1S/C22H23N5O2/c23-16-18-4-3-10-24-21(18)25-12-14-26(15-13-25)22(29)17-6-8-19(9-7-17)27-11-2-1-5-20(27)28/h3-4,6-10H,1-2,5,11-15H2. The van der Waals surface area contributed by atoms with Gasteiger partial charge in [-0.3, -0.25) is 9.59 Å². The van der Waals surface area contributed by atoms with Gasteiger partial charge in [0.2, 0.25) is 5.91 Å². The molecule has 2 aliphatic rings. The minimum atomic E-state index is -0.0114. The van der Waals surface area contributed by atoms with Crippen molar-refractivity contribution in [3.63, 3.8) is 0 Å². The second-order valence-electron chi connectivity index (χ2n) is 7.31. The first-order chi connectivity index (χ1) is 14.2. The normalized spacial score (nSPS) is 17.2. The van der Waals surface area contributed by atoms with E-state index in [2.05, 4.69) is 11.1 Å². The van der Waals surface area contributed by atoms with Crippen LogP contribution in [0.5, 0.6) is 0 Å². The van der Waals surface area contributed by atoms with Gasteiger partial charge in [0.05, 0.1) is 5.56 Å². The number of piperidine rings is 1. The molecule has 0 radical (unpaired) electrons. The molecule has 2 aromatic rings. The third-order valence-electron chi connectivity index (χ3n) is 5.52. The Morgan fingerprint density at radius 3 is 2.45 bits per heavy atom. The van der Waals surface area contributed by atoms with Crippen molar-refractivity contribution in [3.8, 4) is 6.07 Å². The van der Waals surface area contributed by atoms with E-state index in [0.29, 0.717) is 49.5 Å². The first-order valence-electron chi connectivity index (χ1n) is 9.97. The van der Waals surface area contributed by atoms with Crippen LogP contribution in [0.15, 0.2) is 42.6 Å². The molecule has 1 aromatic heterocycles. The first kappa shape index (κ1) is 18.9. The quantitative estimate of drug-likeness (QED) is 0.805. The van der Waals surface area contributed by atoms with Crippen LogP contribution in [0.25, 0.3) is 0 Å². The number of hydrogen-bond acceptors (Lipinski definition) is 5. The number of nitriles is 1. The van der Waals surface area contributed by atoms with E-state index >= 15 is 0 Å². The Balaban J connectivity index is 1.39. The van der Waals surface area contributed by atoms with Gasteiger partial charge >= 0.3 is 0 Å². The number of nitrogens with zero attached hydrogens (tertiary/aromatic N) is 5. The Bertz CT molecular complexity index is 942. The van der Waals surface area contributed by atoms with Gasteiger partial charge in [0.25, 0.3) is 5.91 Å². The highest BCUT2D eigenvalue weighted by Gasteiger charge is 2.25. The van der Waals surface area contributed by atoms with E-state index in [1.54, 1.807) is 35.4 Å². The fourth-order valence-electron chi connectivity index (χ4n) is 3.90. The largest absolute Gasteiger partial charge is 0.352 e. The molecule has 0 unspecified atom stereocenters. The van der Waals surface area contributed by atoms with E-state index in [0.717, 1.165) is 25.1 Å². The first-order valence-corrected chi connectivity index (χ1v) is 9.97. The average Bonchev–Trinajstić information content (AvgIpc) is 2.79. The molecule has 0 bridgehead atoms. The van der Waals surface area contributed by atoms with Crippen LogP contribution >= 0.6 is 0 Å². The van der Waals surface area contributed by atoms with Crippen LogP contribution in [0.3, 0.4) is 0 Å². The van der Waals surface area contributed by atoms with Crippen LogP contribution in [0.1, 0.15) is 35.2 Å². The number of benzene rings is 1.